The van der Waals surface area contributed by atoms with Crippen molar-refractivity contribution in [1.82, 2.24) is 4.98 Å². The Labute approximate surface area is 162 Å². The Balaban J connectivity index is 2.06. The largest absolute Gasteiger partial charge is 0.437 e. The molecule has 138 valence electrons. The van der Waals surface area contributed by atoms with E-state index >= 15 is 0 Å². The van der Waals surface area contributed by atoms with E-state index in [1.807, 2.05) is 0 Å². The van der Waals surface area contributed by atoms with Gasteiger partial charge in [-0.1, -0.05) is 41.4 Å². The highest BCUT2D eigenvalue weighted by Crippen LogP contribution is 2.37. The van der Waals surface area contributed by atoms with Crippen LogP contribution in [0.15, 0.2) is 54.6 Å². The number of hydrogen-bond acceptors (Lipinski definition) is 3. The van der Waals surface area contributed by atoms with Crippen molar-refractivity contribution in [1.29, 1.82) is 0 Å². The van der Waals surface area contributed by atoms with Gasteiger partial charge in [-0.2, -0.15) is 13.2 Å². The number of para-hydroxylation sites is 1. The van der Waals surface area contributed by atoms with E-state index in [0.29, 0.717) is 11.3 Å². The Morgan fingerprint density at radius 3 is 2.37 bits per heavy atom. The lowest BCUT2D eigenvalue weighted by atomic mass is 10.1. The molecular weight excluding hydrogens is 402 g/mol. The summed E-state index contributed by atoms with van der Waals surface area (Å²) in [5, 5.41) is -0.115. The van der Waals surface area contributed by atoms with Crippen LogP contribution in [-0.4, -0.2) is 11.3 Å². The molecule has 0 amide bonds. The van der Waals surface area contributed by atoms with Crippen molar-refractivity contribution in [2.24, 2.45) is 0 Å². The number of nitrogens with zero attached hydrogens (tertiary/aromatic N) is 1. The number of halogens is 5. The lowest BCUT2D eigenvalue weighted by Gasteiger charge is -2.12. The predicted molar refractivity (Wildman–Crippen MR) is 96.6 cm³/mol. The van der Waals surface area contributed by atoms with Gasteiger partial charge in [-0.15, -0.1) is 0 Å². The summed E-state index contributed by atoms with van der Waals surface area (Å²) >= 11 is 11.7. The summed E-state index contributed by atoms with van der Waals surface area (Å²) in [5.41, 5.74) is -0.488. The fraction of sp³-hybridized carbons (Fsp3) is 0.0526. The molecule has 1 aromatic heterocycles. The molecular formula is C19H10Cl2F3NO2. The minimum Gasteiger partial charge on any atom is -0.437 e. The molecule has 3 nitrogen and oxygen atoms in total. The fourth-order valence-electron chi connectivity index (χ4n) is 2.32. The van der Waals surface area contributed by atoms with Crippen LogP contribution < -0.4 is 4.74 Å². The molecule has 0 aliphatic carbocycles. The van der Waals surface area contributed by atoms with Crippen molar-refractivity contribution in [3.05, 3.63) is 75.8 Å². The van der Waals surface area contributed by atoms with Gasteiger partial charge in [-0.25, -0.2) is 4.98 Å². The molecule has 0 saturated heterocycles. The summed E-state index contributed by atoms with van der Waals surface area (Å²) in [6.45, 7) is 0. The van der Waals surface area contributed by atoms with Gasteiger partial charge < -0.3 is 4.74 Å². The van der Waals surface area contributed by atoms with Crippen LogP contribution in [0.3, 0.4) is 0 Å². The van der Waals surface area contributed by atoms with Crippen LogP contribution in [0.4, 0.5) is 13.2 Å². The van der Waals surface area contributed by atoms with Gasteiger partial charge in [0.2, 0.25) is 5.88 Å². The highest BCUT2D eigenvalue weighted by Gasteiger charge is 2.33. The minimum atomic E-state index is -4.60. The number of benzene rings is 2. The molecule has 8 heteroatoms. The van der Waals surface area contributed by atoms with Gasteiger partial charge in [0.15, 0.2) is 6.29 Å². The number of pyridine rings is 1. The molecule has 1 heterocycles. The Morgan fingerprint density at radius 1 is 0.963 bits per heavy atom. The maximum atomic E-state index is 13.1. The molecule has 0 N–H and O–H groups in total. The molecule has 27 heavy (non-hydrogen) atoms. The molecule has 0 spiro atoms. The molecule has 0 unspecified atom stereocenters. The molecule has 0 atom stereocenters. The molecule has 2 aromatic carbocycles. The summed E-state index contributed by atoms with van der Waals surface area (Å²) in [5.74, 6) is 0.193. The van der Waals surface area contributed by atoms with Gasteiger partial charge in [0.05, 0.1) is 26.9 Å². The number of carbonyl (C=O) groups is 1. The number of ether oxygens (including phenoxy) is 1. The first-order valence-corrected chi connectivity index (χ1v) is 8.31. The first-order chi connectivity index (χ1) is 12.8. The molecule has 0 fully saturated rings. The molecule has 0 saturated carbocycles. The topological polar surface area (TPSA) is 39.2 Å². The van der Waals surface area contributed by atoms with Crippen molar-refractivity contribution in [3.8, 4) is 22.9 Å². The molecule has 0 aliphatic rings. The third-order valence-corrected chi connectivity index (χ3v) is 4.27. The minimum absolute atomic E-state index is 0.0703. The van der Waals surface area contributed by atoms with Gasteiger partial charge >= 0.3 is 6.18 Å². The third-order valence-electron chi connectivity index (χ3n) is 3.63. The van der Waals surface area contributed by atoms with Crippen molar-refractivity contribution >= 4 is 29.5 Å². The maximum Gasteiger partial charge on any atom is 0.417 e. The number of hydrogen-bond donors (Lipinski definition) is 0. The Morgan fingerprint density at radius 2 is 1.70 bits per heavy atom. The van der Waals surface area contributed by atoms with Gasteiger partial charge in [0, 0.05) is 5.56 Å². The maximum absolute atomic E-state index is 13.1. The standard InChI is InChI=1S/C19H10Cl2F3NO2/c20-14-7-5-11(9-13(14)19(22,23)24)16-8-6-12(10-26)18(25-16)27-17-4-2-1-3-15(17)21/h1-10H. The summed E-state index contributed by atoms with van der Waals surface area (Å²) in [6.07, 6.45) is -4.07. The smallest absolute Gasteiger partial charge is 0.417 e. The van der Waals surface area contributed by atoms with Crippen LogP contribution in [0.25, 0.3) is 11.3 Å². The monoisotopic (exact) mass is 411 g/mol. The van der Waals surface area contributed by atoms with Crippen LogP contribution in [0, 0.1) is 0 Å². The second-order valence-corrected chi connectivity index (χ2v) is 6.25. The average Bonchev–Trinajstić information content (AvgIpc) is 2.63. The summed E-state index contributed by atoms with van der Waals surface area (Å²) in [7, 11) is 0. The van der Waals surface area contributed by atoms with Crippen molar-refractivity contribution in [2.75, 3.05) is 0 Å². The first kappa shape index (κ1) is 19.2. The lowest BCUT2D eigenvalue weighted by molar-refractivity contribution is -0.137. The van der Waals surface area contributed by atoms with Gasteiger partial charge in [-0.3, -0.25) is 4.79 Å². The van der Waals surface area contributed by atoms with Crippen LogP contribution >= 0.6 is 23.2 Å². The van der Waals surface area contributed by atoms with E-state index in [1.54, 1.807) is 24.3 Å². The summed E-state index contributed by atoms with van der Waals surface area (Å²) < 4.78 is 44.8. The molecule has 3 aromatic rings. The lowest BCUT2D eigenvalue weighted by Crippen LogP contribution is -2.06. The third kappa shape index (κ3) is 4.23. The molecule has 0 aliphatic heterocycles. The highest BCUT2D eigenvalue weighted by molar-refractivity contribution is 6.32. The molecule has 0 radical (unpaired) electrons. The zero-order chi connectivity index (χ0) is 19.6. The zero-order valence-electron chi connectivity index (χ0n) is 13.4. The first-order valence-electron chi connectivity index (χ1n) is 7.55. The van der Waals surface area contributed by atoms with E-state index < -0.39 is 16.8 Å². The van der Waals surface area contributed by atoms with E-state index in [4.69, 9.17) is 27.9 Å². The quantitative estimate of drug-likeness (QED) is 0.449. The predicted octanol–water partition coefficient (Wildman–Crippen LogP) is 6.68. The second kappa shape index (κ2) is 7.58. The van der Waals surface area contributed by atoms with E-state index in [0.717, 1.165) is 12.1 Å². The fourth-order valence-corrected chi connectivity index (χ4v) is 2.72. The van der Waals surface area contributed by atoms with E-state index in [9.17, 15) is 18.0 Å². The number of carbonyl (C=O) groups excluding carboxylic acids is 1. The normalized spacial score (nSPS) is 11.3. The Kier molecular flexibility index (Phi) is 5.39. The van der Waals surface area contributed by atoms with Crippen LogP contribution in [0.1, 0.15) is 15.9 Å². The Hall–Kier alpha value is -2.57. The number of aromatic nitrogens is 1. The number of aldehydes is 1. The number of rotatable bonds is 4. The second-order valence-electron chi connectivity index (χ2n) is 5.43. The summed E-state index contributed by atoms with van der Waals surface area (Å²) in [4.78, 5) is 15.4. The SMILES string of the molecule is O=Cc1ccc(-c2ccc(Cl)c(C(F)(F)F)c2)nc1Oc1ccccc1Cl. The van der Waals surface area contributed by atoms with Crippen molar-refractivity contribution in [2.45, 2.75) is 6.18 Å². The van der Waals surface area contributed by atoms with E-state index in [-0.39, 0.29) is 28.5 Å². The van der Waals surface area contributed by atoms with Crippen molar-refractivity contribution < 1.29 is 22.7 Å². The van der Waals surface area contributed by atoms with Crippen LogP contribution in [0.2, 0.25) is 10.0 Å². The Bertz CT molecular complexity index is 1010. The van der Waals surface area contributed by atoms with E-state index in [1.165, 1.54) is 18.2 Å². The number of alkyl halides is 3. The zero-order valence-corrected chi connectivity index (χ0v) is 14.9. The van der Waals surface area contributed by atoms with Gasteiger partial charge in [-0.05, 0) is 36.4 Å². The van der Waals surface area contributed by atoms with E-state index in [2.05, 4.69) is 4.98 Å². The molecule has 0 bridgehead atoms. The van der Waals surface area contributed by atoms with Crippen LogP contribution in [0.5, 0.6) is 11.6 Å². The van der Waals surface area contributed by atoms with Gasteiger partial charge in [0.25, 0.3) is 0 Å². The van der Waals surface area contributed by atoms with Gasteiger partial charge in [0.1, 0.15) is 5.75 Å². The summed E-state index contributed by atoms with van der Waals surface area (Å²) in [6, 6.07) is 12.8. The van der Waals surface area contributed by atoms with Crippen LogP contribution in [-0.2, 0) is 6.18 Å². The average molecular weight is 412 g/mol. The highest BCUT2D eigenvalue weighted by atomic mass is 35.5. The molecule has 3 rings (SSSR count). The van der Waals surface area contributed by atoms with Crippen molar-refractivity contribution in [3.63, 3.8) is 0 Å².